The lowest BCUT2D eigenvalue weighted by molar-refractivity contribution is 0.0738. The molecule has 1 saturated heterocycles. The Morgan fingerprint density at radius 1 is 1.67 bits per heavy atom. The van der Waals surface area contributed by atoms with Crippen LogP contribution in [-0.4, -0.2) is 66.2 Å². The van der Waals surface area contributed by atoms with Crippen LogP contribution in [0.5, 0.6) is 0 Å². The summed E-state index contributed by atoms with van der Waals surface area (Å²) in [5.74, 6) is -0.124. The quantitative estimate of drug-likeness (QED) is 0.789. The maximum absolute atomic E-state index is 11.9. The van der Waals surface area contributed by atoms with Crippen LogP contribution in [0, 0.1) is 0 Å². The van der Waals surface area contributed by atoms with Crippen LogP contribution in [0.4, 0.5) is 0 Å². The van der Waals surface area contributed by atoms with E-state index in [0.29, 0.717) is 24.9 Å². The number of hydrogen-bond acceptors (Lipinski definition) is 5. The van der Waals surface area contributed by atoms with Gasteiger partial charge in [-0.1, -0.05) is 5.21 Å². The molecular weight excluding hydrogens is 258 g/mol. The third kappa shape index (κ3) is 3.18. The molecule has 1 aliphatic heterocycles. The molecule has 1 aromatic heterocycles. The molecule has 0 saturated carbocycles. The van der Waals surface area contributed by atoms with Gasteiger partial charge in [0, 0.05) is 33.8 Å². The van der Waals surface area contributed by atoms with Crippen molar-refractivity contribution in [3.05, 3.63) is 11.9 Å². The smallest absolute Gasteiger partial charge is 0.275 e. The summed E-state index contributed by atoms with van der Waals surface area (Å²) < 4.78 is 6.67. The molecule has 1 N–H and O–H groups in total. The van der Waals surface area contributed by atoms with Gasteiger partial charge in [0.2, 0.25) is 0 Å². The summed E-state index contributed by atoms with van der Waals surface area (Å²) in [5, 5.41) is 11.0. The van der Waals surface area contributed by atoms with Gasteiger partial charge in [0.15, 0.2) is 5.69 Å². The molecule has 18 heavy (non-hydrogen) atoms. The van der Waals surface area contributed by atoms with E-state index in [1.165, 1.54) is 0 Å². The summed E-state index contributed by atoms with van der Waals surface area (Å²) in [7, 11) is 3.34. The van der Waals surface area contributed by atoms with E-state index in [2.05, 4.69) is 15.6 Å². The lowest BCUT2D eigenvalue weighted by Gasteiger charge is -2.26. The molecule has 0 aromatic carbocycles. The van der Waals surface area contributed by atoms with E-state index < -0.39 is 0 Å². The topological polar surface area (TPSA) is 72.3 Å². The molecule has 1 aromatic rings. The molecule has 0 radical (unpaired) electrons. The van der Waals surface area contributed by atoms with Crippen LogP contribution in [0.15, 0.2) is 6.20 Å². The van der Waals surface area contributed by atoms with Crippen molar-refractivity contribution < 1.29 is 9.53 Å². The van der Waals surface area contributed by atoms with E-state index >= 15 is 0 Å². The summed E-state index contributed by atoms with van der Waals surface area (Å²) in [6.07, 6.45) is 1.71. The molecule has 2 rings (SSSR count). The predicted octanol–water partition coefficient (Wildman–Crippen LogP) is -0.437. The SMILES string of the molecule is COCCN(C)C(=O)c1cn(C2CNC2)nn1.Cl. The maximum Gasteiger partial charge on any atom is 0.275 e. The number of amides is 1. The molecule has 7 nitrogen and oxygen atoms in total. The van der Waals surface area contributed by atoms with Gasteiger partial charge >= 0.3 is 0 Å². The van der Waals surface area contributed by atoms with E-state index in [9.17, 15) is 4.79 Å². The molecule has 8 heteroatoms. The Labute approximate surface area is 112 Å². The minimum absolute atomic E-state index is 0. The first-order valence-electron chi connectivity index (χ1n) is 5.59. The number of nitrogens with one attached hydrogen (secondary N) is 1. The zero-order valence-corrected chi connectivity index (χ0v) is 11.3. The normalized spacial score (nSPS) is 14.8. The molecule has 1 fully saturated rings. The fourth-order valence-corrected chi connectivity index (χ4v) is 1.54. The van der Waals surface area contributed by atoms with Gasteiger partial charge in [-0.3, -0.25) is 4.79 Å². The fourth-order valence-electron chi connectivity index (χ4n) is 1.54. The van der Waals surface area contributed by atoms with Gasteiger partial charge in [-0.2, -0.15) is 0 Å². The van der Waals surface area contributed by atoms with Gasteiger partial charge in [-0.25, -0.2) is 4.68 Å². The van der Waals surface area contributed by atoms with Crippen molar-refractivity contribution in [1.82, 2.24) is 25.2 Å². The Hall–Kier alpha value is -1.18. The lowest BCUT2D eigenvalue weighted by Crippen LogP contribution is -2.43. The minimum atomic E-state index is -0.124. The first-order chi connectivity index (χ1) is 8.22. The zero-order chi connectivity index (χ0) is 12.3. The number of methoxy groups -OCH3 is 1. The second-order valence-corrected chi connectivity index (χ2v) is 4.12. The summed E-state index contributed by atoms with van der Waals surface area (Å²) in [6, 6.07) is 0.327. The number of aromatic nitrogens is 3. The Kier molecular flexibility index (Phi) is 5.52. The number of likely N-dealkylation sites (N-methyl/N-ethyl adjacent to an activating group) is 1. The van der Waals surface area contributed by atoms with Gasteiger partial charge in [0.1, 0.15) is 0 Å². The van der Waals surface area contributed by atoms with Crippen LogP contribution in [0.2, 0.25) is 0 Å². The van der Waals surface area contributed by atoms with Gasteiger partial charge in [0.25, 0.3) is 5.91 Å². The largest absolute Gasteiger partial charge is 0.383 e. The van der Waals surface area contributed by atoms with Gasteiger partial charge in [-0.15, -0.1) is 17.5 Å². The van der Waals surface area contributed by atoms with Crippen molar-refractivity contribution >= 4 is 18.3 Å². The van der Waals surface area contributed by atoms with Crippen LogP contribution in [-0.2, 0) is 4.74 Å². The Morgan fingerprint density at radius 3 is 2.94 bits per heavy atom. The average molecular weight is 276 g/mol. The molecule has 0 bridgehead atoms. The summed E-state index contributed by atoms with van der Waals surface area (Å²) >= 11 is 0. The Bertz CT molecular complexity index is 393. The van der Waals surface area contributed by atoms with Crippen molar-refractivity contribution in [2.75, 3.05) is 40.4 Å². The van der Waals surface area contributed by atoms with Crippen LogP contribution in [0.3, 0.4) is 0 Å². The van der Waals surface area contributed by atoms with Crippen LogP contribution >= 0.6 is 12.4 Å². The number of halogens is 1. The number of hydrogen-bond donors (Lipinski definition) is 1. The second kappa shape index (κ2) is 6.67. The lowest BCUT2D eigenvalue weighted by atomic mass is 10.2. The van der Waals surface area contributed by atoms with E-state index in [-0.39, 0.29) is 18.3 Å². The van der Waals surface area contributed by atoms with E-state index in [1.54, 1.807) is 29.9 Å². The summed E-state index contributed by atoms with van der Waals surface area (Å²) in [6.45, 7) is 2.84. The first-order valence-corrected chi connectivity index (χ1v) is 5.59. The highest BCUT2D eigenvalue weighted by molar-refractivity contribution is 5.91. The predicted molar refractivity (Wildman–Crippen MR) is 68.0 cm³/mol. The number of carbonyl (C=O) groups is 1. The third-order valence-electron chi connectivity index (χ3n) is 2.84. The third-order valence-corrected chi connectivity index (χ3v) is 2.84. The first kappa shape index (κ1) is 14.9. The molecule has 102 valence electrons. The Balaban J connectivity index is 0.00000162. The summed E-state index contributed by atoms with van der Waals surface area (Å²) in [5.41, 5.74) is 0.385. The maximum atomic E-state index is 11.9. The highest BCUT2D eigenvalue weighted by Gasteiger charge is 2.22. The van der Waals surface area contributed by atoms with Crippen LogP contribution < -0.4 is 5.32 Å². The molecular formula is C10H18ClN5O2. The van der Waals surface area contributed by atoms with E-state index in [1.807, 2.05) is 0 Å². The van der Waals surface area contributed by atoms with Crippen molar-refractivity contribution in [2.24, 2.45) is 0 Å². The molecule has 1 amide bonds. The van der Waals surface area contributed by atoms with Crippen molar-refractivity contribution in [2.45, 2.75) is 6.04 Å². The molecule has 0 aliphatic carbocycles. The number of carbonyl (C=O) groups excluding carboxylic acids is 1. The molecule has 0 unspecified atom stereocenters. The monoisotopic (exact) mass is 275 g/mol. The molecule has 1 aliphatic rings. The highest BCUT2D eigenvalue weighted by Crippen LogP contribution is 2.10. The number of nitrogens with zero attached hydrogens (tertiary/aromatic N) is 4. The van der Waals surface area contributed by atoms with Crippen molar-refractivity contribution in [1.29, 1.82) is 0 Å². The Morgan fingerprint density at radius 2 is 2.39 bits per heavy atom. The van der Waals surface area contributed by atoms with Crippen molar-refractivity contribution in [3.8, 4) is 0 Å². The van der Waals surface area contributed by atoms with Gasteiger partial charge in [0.05, 0.1) is 18.8 Å². The van der Waals surface area contributed by atoms with E-state index in [0.717, 1.165) is 13.1 Å². The average Bonchev–Trinajstić information content (AvgIpc) is 2.71. The summed E-state index contributed by atoms with van der Waals surface area (Å²) in [4.78, 5) is 13.5. The number of rotatable bonds is 5. The minimum Gasteiger partial charge on any atom is -0.383 e. The number of ether oxygens (including phenoxy) is 1. The molecule has 2 heterocycles. The molecule has 0 spiro atoms. The van der Waals surface area contributed by atoms with E-state index in [4.69, 9.17) is 4.74 Å². The van der Waals surface area contributed by atoms with Crippen LogP contribution in [0.1, 0.15) is 16.5 Å². The highest BCUT2D eigenvalue weighted by atomic mass is 35.5. The zero-order valence-electron chi connectivity index (χ0n) is 10.5. The molecule has 0 atom stereocenters. The van der Waals surface area contributed by atoms with Gasteiger partial charge < -0.3 is 15.0 Å². The van der Waals surface area contributed by atoms with Crippen molar-refractivity contribution in [3.63, 3.8) is 0 Å². The standard InChI is InChI=1S/C10H17N5O2.ClH/c1-14(3-4-17-2)10(16)9-7-15(13-12-9)8-5-11-6-8;/h7-8,11H,3-6H2,1-2H3;1H. The second-order valence-electron chi connectivity index (χ2n) is 4.12. The van der Waals surface area contributed by atoms with Gasteiger partial charge in [-0.05, 0) is 0 Å². The fraction of sp³-hybridized carbons (Fsp3) is 0.700. The van der Waals surface area contributed by atoms with Crippen LogP contribution in [0.25, 0.3) is 0 Å².